The highest BCUT2D eigenvalue weighted by molar-refractivity contribution is 5.74. The molecule has 3 rings (SSSR count). The van der Waals surface area contributed by atoms with E-state index in [0.717, 1.165) is 25.3 Å². The molecule has 1 unspecified atom stereocenters. The Morgan fingerprint density at radius 1 is 1.45 bits per heavy atom. The number of hydrogen-bond donors (Lipinski definition) is 0. The van der Waals surface area contributed by atoms with Gasteiger partial charge in [0.05, 0.1) is 11.9 Å². The molecule has 0 bridgehead atoms. The molecule has 2 heterocycles. The molecule has 1 saturated carbocycles. The molecule has 0 radical (unpaired) electrons. The zero-order valence-corrected chi connectivity index (χ0v) is 12.3. The largest absolute Gasteiger partial charge is 0.338 e. The van der Waals surface area contributed by atoms with Crippen LogP contribution in [0.15, 0.2) is 6.20 Å². The Morgan fingerprint density at radius 3 is 2.85 bits per heavy atom. The summed E-state index contributed by atoms with van der Waals surface area (Å²) in [5, 5.41) is 8.48. The molecule has 0 spiro atoms. The molecule has 110 valence electrons. The van der Waals surface area contributed by atoms with E-state index >= 15 is 0 Å². The van der Waals surface area contributed by atoms with Crippen molar-refractivity contribution in [3.63, 3.8) is 0 Å². The van der Waals surface area contributed by atoms with Gasteiger partial charge in [-0.1, -0.05) is 0 Å². The van der Waals surface area contributed by atoms with E-state index in [2.05, 4.69) is 20.0 Å². The van der Waals surface area contributed by atoms with Gasteiger partial charge in [0.2, 0.25) is 5.91 Å². The van der Waals surface area contributed by atoms with Crippen LogP contribution in [0.4, 0.5) is 0 Å². The van der Waals surface area contributed by atoms with Crippen molar-refractivity contribution in [2.24, 2.45) is 7.05 Å². The van der Waals surface area contributed by atoms with Crippen molar-refractivity contribution in [1.82, 2.24) is 24.8 Å². The van der Waals surface area contributed by atoms with Gasteiger partial charge in [-0.3, -0.25) is 9.69 Å². The molecule has 0 N–H and O–H groups in total. The van der Waals surface area contributed by atoms with Crippen LogP contribution >= 0.6 is 0 Å². The number of hydrogen-bond acceptors (Lipinski definition) is 4. The molecule has 1 aromatic rings. The van der Waals surface area contributed by atoms with Gasteiger partial charge in [-0.2, -0.15) is 15.0 Å². The number of rotatable bonds is 5. The van der Waals surface area contributed by atoms with Crippen LogP contribution in [0.1, 0.15) is 38.3 Å². The quantitative estimate of drug-likeness (QED) is 0.798. The van der Waals surface area contributed by atoms with E-state index in [9.17, 15) is 4.79 Å². The lowest BCUT2D eigenvalue weighted by atomic mass is 10.2. The summed E-state index contributed by atoms with van der Waals surface area (Å²) >= 11 is 0. The Morgan fingerprint density at radius 2 is 2.25 bits per heavy atom. The maximum atomic E-state index is 11.8. The third-order valence-corrected chi connectivity index (χ3v) is 4.31. The van der Waals surface area contributed by atoms with Gasteiger partial charge in [-0.05, 0) is 32.2 Å². The van der Waals surface area contributed by atoms with Crippen LogP contribution < -0.4 is 0 Å². The second-order valence-corrected chi connectivity index (χ2v) is 5.99. The Labute approximate surface area is 119 Å². The van der Waals surface area contributed by atoms with Crippen molar-refractivity contribution in [3.8, 4) is 0 Å². The first-order valence-corrected chi connectivity index (χ1v) is 7.50. The molecule has 0 aromatic carbocycles. The van der Waals surface area contributed by atoms with E-state index in [1.807, 2.05) is 13.2 Å². The minimum Gasteiger partial charge on any atom is -0.338 e. The van der Waals surface area contributed by atoms with Gasteiger partial charge in [0.25, 0.3) is 0 Å². The fraction of sp³-hybridized carbons (Fsp3) is 0.786. The molecule has 6 nitrogen and oxygen atoms in total. The fourth-order valence-electron chi connectivity index (χ4n) is 3.13. The molecule has 1 saturated heterocycles. The SMILES string of the molecule is CC(=O)N(CC1CCCN1Cc1cnn(C)n1)C1CC1. The standard InChI is InChI=1S/C14H23N5O/c1-11(20)19(13-5-6-13)10-14-4-3-7-18(14)9-12-8-15-17(2)16-12/h8,13-14H,3-7,9-10H2,1-2H3. The second-order valence-electron chi connectivity index (χ2n) is 5.99. The molecule has 2 fully saturated rings. The van der Waals surface area contributed by atoms with Crippen molar-refractivity contribution in [2.75, 3.05) is 13.1 Å². The van der Waals surface area contributed by atoms with Gasteiger partial charge < -0.3 is 4.90 Å². The van der Waals surface area contributed by atoms with Gasteiger partial charge in [0, 0.05) is 39.1 Å². The highest BCUT2D eigenvalue weighted by Crippen LogP contribution is 2.29. The third kappa shape index (κ3) is 3.00. The second kappa shape index (κ2) is 5.52. The first-order valence-electron chi connectivity index (χ1n) is 7.50. The summed E-state index contributed by atoms with van der Waals surface area (Å²) in [6.07, 6.45) is 6.57. The average Bonchev–Trinajstić information content (AvgIpc) is 3.02. The maximum Gasteiger partial charge on any atom is 0.219 e. The molecule has 2 aliphatic rings. The highest BCUT2D eigenvalue weighted by atomic mass is 16.2. The van der Waals surface area contributed by atoms with Crippen molar-refractivity contribution in [2.45, 2.75) is 51.2 Å². The number of amides is 1. The van der Waals surface area contributed by atoms with E-state index in [-0.39, 0.29) is 5.91 Å². The third-order valence-electron chi connectivity index (χ3n) is 4.31. The van der Waals surface area contributed by atoms with Crippen molar-refractivity contribution in [1.29, 1.82) is 0 Å². The topological polar surface area (TPSA) is 54.3 Å². The Hall–Kier alpha value is -1.43. The molecular formula is C14H23N5O. The lowest BCUT2D eigenvalue weighted by Gasteiger charge is -2.30. The Balaban J connectivity index is 1.61. The van der Waals surface area contributed by atoms with Gasteiger partial charge in [-0.25, -0.2) is 0 Å². The predicted molar refractivity (Wildman–Crippen MR) is 74.8 cm³/mol. The van der Waals surface area contributed by atoms with Crippen molar-refractivity contribution in [3.05, 3.63) is 11.9 Å². The molecule has 20 heavy (non-hydrogen) atoms. The van der Waals surface area contributed by atoms with Crippen LogP contribution in [-0.4, -0.2) is 55.9 Å². The average molecular weight is 277 g/mol. The van der Waals surface area contributed by atoms with Crippen LogP contribution in [0.2, 0.25) is 0 Å². The minimum atomic E-state index is 0.221. The number of likely N-dealkylation sites (tertiary alicyclic amines) is 1. The van der Waals surface area contributed by atoms with Crippen molar-refractivity contribution < 1.29 is 4.79 Å². The minimum absolute atomic E-state index is 0.221. The normalized spacial score (nSPS) is 23.2. The van der Waals surface area contributed by atoms with E-state index in [0.29, 0.717) is 12.1 Å². The predicted octanol–water partition coefficient (Wildman–Crippen LogP) is 0.790. The molecule has 1 atom stereocenters. The first kappa shape index (κ1) is 13.5. The fourth-order valence-corrected chi connectivity index (χ4v) is 3.13. The maximum absolute atomic E-state index is 11.8. The summed E-state index contributed by atoms with van der Waals surface area (Å²) < 4.78 is 0. The number of carbonyl (C=O) groups is 1. The summed E-state index contributed by atoms with van der Waals surface area (Å²) in [6.45, 7) is 4.51. The van der Waals surface area contributed by atoms with Crippen LogP contribution in [0.5, 0.6) is 0 Å². The molecule has 1 aliphatic heterocycles. The summed E-state index contributed by atoms with van der Waals surface area (Å²) in [6, 6.07) is 0.980. The first-order chi connectivity index (χ1) is 9.63. The van der Waals surface area contributed by atoms with E-state index in [4.69, 9.17) is 0 Å². The number of aromatic nitrogens is 3. The highest BCUT2D eigenvalue weighted by Gasteiger charge is 2.35. The molecule has 1 amide bonds. The van der Waals surface area contributed by atoms with Crippen LogP contribution in [0.25, 0.3) is 0 Å². The van der Waals surface area contributed by atoms with Crippen LogP contribution in [0.3, 0.4) is 0 Å². The lowest BCUT2D eigenvalue weighted by molar-refractivity contribution is -0.130. The van der Waals surface area contributed by atoms with E-state index in [1.165, 1.54) is 25.7 Å². The number of aryl methyl sites for hydroxylation is 1. The molecular weight excluding hydrogens is 254 g/mol. The number of nitrogens with zero attached hydrogens (tertiary/aromatic N) is 5. The Bertz CT molecular complexity index is 482. The van der Waals surface area contributed by atoms with Crippen molar-refractivity contribution >= 4 is 5.91 Å². The summed E-state index contributed by atoms with van der Waals surface area (Å²) in [5.74, 6) is 0.221. The summed E-state index contributed by atoms with van der Waals surface area (Å²) in [7, 11) is 1.84. The molecule has 6 heteroatoms. The van der Waals surface area contributed by atoms with E-state index < -0.39 is 0 Å². The van der Waals surface area contributed by atoms with Crippen LogP contribution in [-0.2, 0) is 18.4 Å². The van der Waals surface area contributed by atoms with Crippen LogP contribution in [0, 0.1) is 0 Å². The smallest absolute Gasteiger partial charge is 0.219 e. The van der Waals surface area contributed by atoms with Gasteiger partial charge in [-0.15, -0.1) is 0 Å². The monoisotopic (exact) mass is 277 g/mol. The lowest BCUT2D eigenvalue weighted by Crippen LogP contribution is -2.43. The van der Waals surface area contributed by atoms with Gasteiger partial charge in [0.1, 0.15) is 0 Å². The van der Waals surface area contributed by atoms with E-state index in [1.54, 1.807) is 11.7 Å². The number of carbonyl (C=O) groups excluding carboxylic acids is 1. The summed E-state index contributed by atoms with van der Waals surface area (Å²) in [4.78, 5) is 17.9. The van der Waals surface area contributed by atoms with Gasteiger partial charge in [0.15, 0.2) is 0 Å². The molecule has 1 aromatic heterocycles. The van der Waals surface area contributed by atoms with Gasteiger partial charge >= 0.3 is 0 Å². The Kier molecular flexibility index (Phi) is 3.74. The zero-order valence-electron chi connectivity index (χ0n) is 12.3. The molecule has 1 aliphatic carbocycles. The summed E-state index contributed by atoms with van der Waals surface area (Å²) in [5.41, 5.74) is 1.01. The zero-order chi connectivity index (χ0) is 14.1.